The highest BCUT2D eigenvalue weighted by Gasteiger charge is 2.20. The van der Waals surface area contributed by atoms with Crippen LogP contribution >= 0.6 is 0 Å². The van der Waals surface area contributed by atoms with E-state index >= 15 is 0 Å². The molecule has 0 fully saturated rings. The Kier molecular flexibility index (Phi) is 4.04. The maximum absolute atomic E-state index is 12.7. The lowest BCUT2D eigenvalue weighted by Gasteiger charge is -2.09. The number of aryl methyl sites for hydroxylation is 2. The van der Waals surface area contributed by atoms with Crippen LogP contribution < -0.4 is 4.72 Å². The van der Waals surface area contributed by atoms with Gasteiger partial charge in [0.25, 0.3) is 10.0 Å². The van der Waals surface area contributed by atoms with E-state index in [2.05, 4.69) is 21.8 Å². The minimum absolute atomic E-state index is 0.117. The molecule has 7 heteroatoms. The van der Waals surface area contributed by atoms with Crippen molar-refractivity contribution < 1.29 is 8.42 Å². The number of rotatable bonds is 5. The normalized spacial score (nSPS) is 11.7. The maximum Gasteiger partial charge on any atom is 0.265 e. The van der Waals surface area contributed by atoms with Gasteiger partial charge in [0, 0.05) is 18.3 Å². The Labute approximate surface area is 135 Å². The number of benzene rings is 1. The number of nitrogens with one attached hydrogen (secondary N) is 1. The largest absolute Gasteiger partial charge is 0.285 e. The van der Waals surface area contributed by atoms with Gasteiger partial charge in [0.05, 0.1) is 0 Å². The molecule has 0 saturated heterocycles. The van der Waals surface area contributed by atoms with E-state index in [1.165, 1.54) is 6.07 Å². The van der Waals surface area contributed by atoms with Gasteiger partial charge in [-0.15, -0.1) is 10.2 Å². The molecule has 3 aromatic rings. The molecule has 1 aromatic carbocycles. The Morgan fingerprint density at radius 3 is 2.43 bits per heavy atom. The van der Waals surface area contributed by atoms with Crippen LogP contribution in [0.1, 0.15) is 25.2 Å². The first-order valence-electron chi connectivity index (χ1n) is 7.49. The van der Waals surface area contributed by atoms with Gasteiger partial charge in [-0.05, 0) is 36.2 Å². The topological polar surface area (TPSA) is 76.4 Å². The number of pyridine rings is 1. The van der Waals surface area contributed by atoms with E-state index < -0.39 is 10.0 Å². The molecule has 23 heavy (non-hydrogen) atoms. The predicted molar refractivity (Wildman–Crippen MR) is 89.0 cm³/mol. The van der Waals surface area contributed by atoms with Gasteiger partial charge >= 0.3 is 0 Å². The molecule has 0 spiro atoms. The van der Waals surface area contributed by atoms with Gasteiger partial charge in [0.15, 0.2) is 5.65 Å². The van der Waals surface area contributed by atoms with E-state index in [1.807, 2.05) is 19.1 Å². The summed E-state index contributed by atoms with van der Waals surface area (Å²) in [7, 11) is -3.73. The summed E-state index contributed by atoms with van der Waals surface area (Å²) in [5, 5.41) is 8.06. The standard InChI is InChI=1S/C16H18N4O2S/c1-3-12-7-9-13(10-8-12)19-23(21,22)14-6-5-11-20-15(4-2)17-18-16(14)20/h5-11,19H,3-4H2,1-2H3. The van der Waals surface area contributed by atoms with E-state index in [-0.39, 0.29) is 4.90 Å². The van der Waals surface area contributed by atoms with Crippen LogP contribution in [-0.4, -0.2) is 23.0 Å². The third kappa shape index (κ3) is 2.92. The zero-order valence-electron chi connectivity index (χ0n) is 13.0. The summed E-state index contributed by atoms with van der Waals surface area (Å²) in [6, 6.07) is 10.6. The fourth-order valence-corrected chi connectivity index (χ4v) is 3.60. The van der Waals surface area contributed by atoms with Crippen LogP contribution in [0.15, 0.2) is 47.5 Å². The second-order valence-corrected chi connectivity index (χ2v) is 6.84. The summed E-state index contributed by atoms with van der Waals surface area (Å²) in [4.78, 5) is 0.117. The van der Waals surface area contributed by atoms with Crippen molar-refractivity contribution in [1.29, 1.82) is 0 Å². The Morgan fingerprint density at radius 1 is 1.04 bits per heavy atom. The van der Waals surface area contributed by atoms with Crippen LogP contribution in [0.5, 0.6) is 0 Å². The molecule has 2 heterocycles. The molecule has 2 aromatic heterocycles. The van der Waals surface area contributed by atoms with Crippen molar-refractivity contribution in [2.45, 2.75) is 31.6 Å². The number of sulfonamides is 1. The summed E-state index contributed by atoms with van der Waals surface area (Å²) in [5.41, 5.74) is 2.02. The summed E-state index contributed by atoms with van der Waals surface area (Å²) in [6.45, 7) is 4.00. The number of fused-ring (bicyclic) bond motifs is 1. The Morgan fingerprint density at radius 2 is 1.78 bits per heavy atom. The monoisotopic (exact) mass is 330 g/mol. The molecule has 120 valence electrons. The lowest BCUT2D eigenvalue weighted by molar-refractivity contribution is 0.601. The third-order valence-corrected chi connectivity index (χ3v) is 5.09. The van der Waals surface area contributed by atoms with E-state index in [0.29, 0.717) is 17.8 Å². The van der Waals surface area contributed by atoms with Crippen molar-refractivity contribution in [2.24, 2.45) is 0 Å². The zero-order chi connectivity index (χ0) is 16.4. The highest BCUT2D eigenvalue weighted by atomic mass is 32.2. The third-order valence-electron chi connectivity index (χ3n) is 3.69. The quantitative estimate of drug-likeness (QED) is 0.780. The first-order chi connectivity index (χ1) is 11.0. The van der Waals surface area contributed by atoms with Crippen molar-refractivity contribution in [3.05, 3.63) is 54.0 Å². The van der Waals surface area contributed by atoms with Crippen LogP contribution in [0.4, 0.5) is 5.69 Å². The van der Waals surface area contributed by atoms with Crippen LogP contribution in [0.3, 0.4) is 0 Å². The average molecular weight is 330 g/mol. The molecule has 0 aliphatic heterocycles. The molecule has 0 aliphatic rings. The predicted octanol–water partition coefficient (Wildman–Crippen LogP) is 2.65. The van der Waals surface area contributed by atoms with E-state index in [0.717, 1.165) is 17.8 Å². The van der Waals surface area contributed by atoms with Crippen molar-refractivity contribution in [3.63, 3.8) is 0 Å². The first kappa shape index (κ1) is 15.5. The SMILES string of the molecule is CCc1ccc(NS(=O)(=O)c2cccn3c(CC)nnc23)cc1. The Balaban J connectivity index is 2.00. The molecule has 0 amide bonds. The van der Waals surface area contributed by atoms with Gasteiger partial charge in [0.2, 0.25) is 0 Å². The van der Waals surface area contributed by atoms with Gasteiger partial charge in [-0.1, -0.05) is 26.0 Å². The van der Waals surface area contributed by atoms with Crippen LogP contribution in [0.25, 0.3) is 5.65 Å². The number of anilines is 1. The molecule has 6 nitrogen and oxygen atoms in total. The molecule has 0 aliphatic carbocycles. The molecule has 0 saturated carbocycles. The molecule has 1 N–H and O–H groups in total. The van der Waals surface area contributed by atoms with Crippen LogP contribution in [0.2, 0.25) is 0 Å². The van der Waals surface area contributed by atoms with Crippen molar-refractivity contribution >= 4 is 21.4 Å². The first-order valence-corrected chi connectivity index (χ1v) is 8.98. The fourth-order valence-electron chi connectivity index (χ4n) is 2.41. The summed E-state index contributed by atoms with van der Waals surface area (Å²) in [6.07, 6.45) is 3.35. The number of aromatic nitrogens is 3. The summed E-state index contributed by atoms with van der Waals surface area (Å²) >= 11 is 0. The van der Waals surface area contributed by atoms with E-state index in [4.69, 9.17) is 0 Å². The van der Waals surface area contributed by atoms with E-state index in [9.17, 15) is 8.42 Å². The highest BCUT2D eigenvalue weighted by Crippen LogP contribution is 2.20. The van der Waals surface area contributed by atoms with Gasteiger partial charge in [-0.25, -0.2) is 8.42 Å². The maximum atomic E-state index is 12.7. The van der Waals surface area contributed by atoms with E-state index in [1.54, 1.807) is 28.8 Å². The Hall–Kier alpha value is -2.41. The van der Waals surface area contributed by atoms with Crippen molar-refractivity contribution in [2.75, 3.05) is 4.72 Å². The van der Waals surface area contributed by atoms with Gasteiger partial charge in [-0.3, -0.25) is 9.12 Å². The lowest BCUT2D eigenvalue weighted by atomic mass is 10.2. The minimum Gasteiger partial charge on any atom is -0.285 e. The number of hydrogen-bond acceptors (Lipinski definition) is 4. The molecule has 0 bridgehead atoms. The fraction of sp³-hybridized carbons (Fsp3) is 0.250. The molecule has 0 radical (unpaired) electrons. The molecule has 3 rings (SSSR count). The second kappa shape index (κ2) is 6.00. The zero-order valence-corrected chi connectivity index (χ0v) is 13.8. The Bertz CT molecular complexity index is 930. The van der Waals surface area contributed by atoms with Crippen molar-refractivity contribution in [1.82, 2.24) is 14.6 Å². The molecule has 0 atom stereocenters. The summed E-state index contributed by atoms with van der Waals surface area (Å²) < 4.78 is 29.7. The number of nitrogens with zero attached hydrogens (tertiary/aromatic N) is 3. The van der Waals surface area contributed by atoms with Crippen molar-refractivity contribution in [3.8, 4) is 0 Å². The van der Waals surface area contributed by atoms with Crippen LogP contribution in [-0.2, 0) is 22.9 Å². The van der Waals surface area contributed by atoms with Crippen LogP contribution in [0, 0.1) is 0 Å². The van der Waals surface area contributed by atoms with Gasteiger partial charge in [0.1, 0.15) is 10.7 Å². The molecular weight excluding hydrogens is 312 g/mol. The minimum atomic E-state index is -3.73. The average Bonchev–Trinajstić information content (AvgIpc) is 2.98. The lowest BCUT2D eigenvalue weighted by Crippen LogP contribution is -2.14. The number of hydrogen-bond donors (Lipinski definition) is 1. The molecule has 0 unspecified atom stereocenters. The van der Waals surface area contributed by atoms with Gasteiger partial charge in [-0.2, -0.15) is 0 Å². The molecular formula is C16H18N4O2S. The smallest absolute Gasteiger partial charge is 0.265 e. The summed E-state index contributed by atoms with van der Waals surface area (Å²) in [5.74, 6) is 0.726. The second-order valence-electron chi connectivity index (χ2n) is 5.19. The highest BCUT2D eigenvalue weighted by molar-refractivity contribution is 7.93. The van der Waals surface area contributed by atoms with Gasteiger partial charge < -0.3 is 0 Å².